The van der Waals surface area contributed by atoms with E-state index in [1.54, 1.807) is 49.6 Å². The molecule has 6 atom stereocenters. The summed E-state index contributed by atoms with van der Waals surface area (Å²) in [5.74, 6) is 0.0184. The molecule has 172 valence electrons. The van der Waals surface area contributed by atoms with E-state index in [1.807, 2.05) is 0 Å². The van der Waals surface area contributed by atoms with Crippen LogP contribution in [0, 0.1) is 23.7 Å². The monoisotopic (exact) mass is 576 g/mol. The van der Waals surface area contributed by atoms with Crippen molar-refractivity contribution >= 4 is 61.0 Å². The zero-order chi connectivity index (χ0) is 23.4. The van der Waals surface area contributed by atoms with Crippen LogP contribution in [0.5, 0.6) is 11.5 Å². The number of methoxy groups -OCH3 is 2. The fourth-order valence-electron chi connectivity index (χ4n) is 5.49. The van der Waals surface area contributed by atoms with Crippen molar-refractivity contribution in [3.63, 3.8) is 0 Å². The lowest BCUT2D eigenvalue weighted by Crippen LogP contribution is -2.37. The number of alkyl halides is 2. The van der Waals surface area contributed by atoms with Gasteiger partial charge in [0.25, 0.3) is 5.91 Å². The van der Waals surface area contributed by atoms with Crippen molar-refractivity contribution in [2.75, 3.05) is 24.4 Å². The Hall–Kier alpha value is -2.39. The number of imide groups is 1. The molecule has 2 aromatic rings. The number of nitrogens with zero attached hydrogens (tertiary/aromatic N) is 1. The van der Waals surface area contributed by atoms with Gasteiger partial charge < -0.3 is 14.8 Å². The van der Waals surface area contributed by atoms with E-state index < -0.39 is 0 Å². The van der Waals surface area contributed by atoms with Crippen molar-refractivity contribution in [2.24, 2.45) is 23.7 Å². The van der Waals surface area contributed by atoms with Crippen LogP contribution in [0.2, 0.25) is 0 Å². The molecule has 0 aromatic heterocycles. The van der Waals surface area contributed by atoms with Gasteiger partial charge in [0.15, 0.2) is 0 Å². The second kappa shape index (κ2) is 8.43. The Balaban J connectivity index is 1.40. The van der Waals surface area contributed by atoms with Gasteiger partial charge in [0.05, 0.1) is 37.4 Å². The zero-order valence-corrected chi connectivity index (χ0v) is 21.1. The van der Waals surface area contributed by atoms with Crippen molar-refractivity contribution in [1.29, 1.82) is 0 Å². The predicted octanol–water partition coefficient (Wildman–Crippen LogP) is 4.24. The number of nitrogens with one attached hydrogen (secondary N) is 1. The number of rotatable bonds is 5. The normalized spacial score (nSPS) is 29.9. The van der Waals surface area contributed by atoms with Gasteiger partial charge in [0, 0.05) is 21.3 Å². The summed E-state index contributed by atoms with van der Waals surface area (Å²) >= 11 is 7.41. The smallest absolute Gasteiger partial charge is 0.255 e. The predicted molar refractivity (Wildman–Crippen MR) is 130 cm³/mol. The van der Waals surface area contributed by atoms with Crippen LogP contribution >= 0.6 is 31.9 Å². The Morgan fingerprint density at radius 3 is 2.24 bits per heavy atom. The zero-order valence-electron chi connectivity index (χ0n) is 18.0. The Bertz CT molecular complexity index is 1120. The van der Waals surface area contributed by atoms with E-state index in [0.717, 1.165) is 6.42 Å². The van der Waals surface area contributed by atoms with E-state index in [-0.39, 0.29) is 51.0 Å². The molecule has 9 heteroatoms. The fourth-order valence-corrected chi connectivity index (χ4v) is 7.36. The first-order chi connectivity index (χ1) is 15.8. The van der Waals surface area contributed by atoms with Gasteiger partial charge in [0.2, 0.25) is 11.8 Å². The molecule has 3 amide bonds. The molecule has 2 saturated carbocycles. The molecule has 0 radical (unpaired) electrons. The molecule has 5 rings (SSSR count). The maximum absolute atomic E-state index is 13.3. The molecular weight excluding hydrogens is 556 g/mol. The molecule has 2 bridgehead atoms. The molecule has 0 spiro atoms. The highest BCUT2D eigenvalue weighted by Crippen LogP contribution is 2.60. The molecule has 7 nitrogen and oxygen atoms in total. The molecule has 3 fully saturated rings. The van der Waals surface area contributed by atoms with Gasteiger partial charge in [-0.2, -0.15) is 0 Å². The summed E-state index contributed by atoms with van der Waals surface area (Å²) < 4.78 is 10.5. The first-order valence-electron chi connectivity index (χ1n) is 10.6. The summed E-state index contributed by atoms with van der Waals surface area (Å²) in [7, 11) is 3.06. The number of halogens is 2. The average Bonchev–Trinajstić information content (AvgIpc) is 3.44. The van der Waals surface area contributed by atoms with Gasteiger partial charge in [-0.15, -0.1) is 0 Å². The van der Waals surface area contributed by atoms with Crippen molar-refractivity contribution in [3.8, 4) is 11.5 Å². The van der Waals surface area contributed by atoms with Gasteiger partial charge in [-0.1, -0.05) is 37.9 Å². The molecule has 1 heterocycles. The largest absolute Gasteiger partial charge is 0.497 e. The quantitative estimate of drug-likeness (QED) is 0.424. The van der Waals surface area contributed by atoms with E-state index in [4.69, 9.17) is 9.47 Å². The van der Waals surface area contributed by atoms with Crippen molar-refractivity contribution < 1.29 is 23.9 Å². The number of benzene rings is 2. The van der Waals surface area contributed by atoms with Crippen molar-refractivity contribution in [1.82, 2.24) is 0 Å². The topological polar surface area (TPSA) is 84.9 Å². The molecule has 3 aliphatic rings. The summed E-state index contributed by atoms with van der Waals surface area (Å²) in [5, 5.41) is 2.82. The minimum atomic E-state index is -0.374. The van der Waals surface area contributed by atoms with Crippen LogP contribution in [0.15, 0.2) is 42.5 Å². The molecular formula is C24H22Br2N2O5. The van der Waals surface area contributed by atoms with Crippen LogP contribution in [-0.2, 0) is 9.59 Å². The van der Waals surface area contributed by atoms with Gasteiger partial charge in [-0.25, -0.2) is 0 Å². The number of anilines is 2. The summed E-state index contributed by atoms with van der Waals surface area (Å²) in [6.07, 6.45) is 0.874. The minimum Gasteiger partial charge on any atom is -0.497 e. The first kappa shape index (κ1) is 22.4. The van der Waals surface area contributed by atoms with Crippen LogP contribution in [0.3, 0.4) is 0 Å². The molecule has 1 saturated heterocycles. The van der Waals surface area contributed by atoms with Crippen LogP contribution in [0.4, 0.5) is 11.4 Å². The van der Waals surface area contributed by atoms with Gasteiger partial charge in [-0.3, -0.25) is 19.3 Å². The summed E-state index contributed by atoms with van der Waals surface area (Å²) in [5.41, 5.74) is 1.24. The Labute approximate surface area is 208 Å². The van der Waals surface area contributed by atoms with E-state index >= 15 is 0 Å². The number of hydrogen-bond acceptors (Lipinski definition) is 5. The Kier molecular flexibility index (Phi) is 5.73. The minimum absolute atomic E-state index is 0.139. The van der Waals surface area contributed by atoms with E-state index in [1.165, 1.54) is 12.0 Å². The van der Waals surface area contributed by atoms with Gasteiger partial charge in [-0.05, 0) is 48.6 Å². The van der Waals surface area contributed by atoms with Gasteiger partial charge in [0.1, 0.15) is 11.5 Å². The van der Waals surface area contributed by atoms with Crippen LogP contribution in [0.25, 0.3) is 0 Å². The fraction of sp³-hybridized carbons (Fsp3) is 0.375. The molecule has 0 unspecified atom stereocenters. The lowest BCUT2D eigenvalue weighted by Gasteiger charge is -2.28. The highest BCUT2D eigenvalue weighted by Gasteiger charge is 2.66. The number of fused-ring (bicyclic) bond motifs is 5. The highest BCUT2D eigenvalue weighted by molar-refractivity contribution is 9.12. The average molecular weight is 578 g/mol. The lowest BCUT2D eigenvalue weighted by atomic mass is 9.81. The summed E-state index contributed by atoms with van der Waals surface area (Å²) in [4.78, 5) is 41.2. The van der Waals surface area contributed by atoms with Crippen LogP contribution in [0.1, 0.15) is 16.8 Å². The maximum Gasteiger partial charge on any atom is 0.255 e. The number of ether oxygens (including phenoxy) is 2. The number of carbonyl (C=O) groups excluding carboxylic acids is 3. The second-order valence-electron chi connectivity index (χ2n) is 8.59. The van der Waals surface area contributed by atoms with E-state index in [0.29, 0.717) is 28.4 Å². The lowest BCUT2D eigenvalue weighted by molar-refractivity contribution is -0.123. The van der Waals surface area contributed by atoms with E-state index in [9.17, 15) is 14.4 Å². The SMILES string of the molecule is COc1ccc(NC(=O)c2cccc(N3C(=O)[C@@H]4[C@H]5C[C@@H]([C@H](Br)[C@H]5Br)[C@H]4C3=O)c2)c(OC)c1. The van der Waals surface area contributed by atoms with Crippen molar-refractivity contribution in [3.05, 3.63) is 48.0 Å². The molecule has 2 aromatic carbocycles. The molecule has 2 aliphatic carbocycles. The molecule has 1 N–H and O–H groups in total. The van der Waals surface area contributed by atoms with Gasteiger partial charge >= 0.3 is 0 Å². The van der Waals surface area contributed by atoms with Crippen LogP contribution in [-0.4, -0.2) is 41.6 Å². The highest BCUT2D eigenvalue weighted by atomic mass is 79.9. The maximum atomic E-state index is 13.3. The van der Waals surface area contributed by atoms with Crippen molar-refractivity contribution in [2.45, 2.75) is 16.1 Å². The summed E-state index contributed by atoms with van der Waals surface area (Å²) in [6.45, 7) is 0. The third kappa shape index (κ3) is 3.47. The standard InChI is InChI=1S/C24H22Br2N2O5/c1-32-13-6-7-16(17(9-13)33-2)27-22(29)11-4-3-5-12(8-11)28-23(30)18-14-10-15(19(18)24(28)31)21(26)20(14)25/h3-9,14-15,18-21H,10H2,1-2H3,(H,27,29)/t14-,15-,18-,19-,20+,21+/m1/s1. The number of amides is 3. The van der Waals surface area contributed by atoms with Crippen LogP contribution < -0.4 is 19.7 Å². The molecule has 1 aliphatic heterocycles. The number of hydrogen-bond donors (Lipinski definition) is 1. The third-order valence-electron chi connectivity index (χ3n) is 7.01. The second-order valence-corrected chi connectivity index (χ2v) is 10.7. The van der Waals surface area contributed by atoms with E-state index in [2.05, 4.69) is 37.2 Å². The third-order valence-corrected chi connectivity index (χ3v) is 10.2. The number of carbonyl (C=O) groups is 3. The Morgan fingerprint density at radius 2 is 1.64 bits per heavy atom. The first-order valence-corrected chi connectivity index (χ1v) is 12.5. The Morgan fingerprint density at radius 1 is 0.970 bits per heavy atom. The molecule has 33 heavy (non-hydrogen) atoms. The summed E-state index contributed by atoms with van der Waals surface area (Å²) in [6, 6.07) is 11.7.